The highest BCUT2D eigenvalue weighted by atomic mass is 16.4. The van der Waals surface area contributed by atoms with E-state index < -0.39 is 54.3 Å². The molecule has 4 rings (SSSR count). The monoisotopic (exact) mass is 576 g/mol. The molecule has 5 amide bonds. The molecular weight excluding hydrogens is 540 g/mol. The number of urea groups is 1. The summed E-state index contributed by atoms with van der Waals surface area (Å²) < 4.78 is 0. The molecule has 2 heterocycles. The number of aryl methyl sites for hydroxylation is 1. The zero-order valence-electron chi connectivity index (χ0n) is 23.8. The van der Waals surface area contributed by atoms with Crippen molar-refractivity contribution in [3.8, 4) is 0 Å². The number of carbonyl (C=O) groups is 5. The van der Waals surface area contributed by atoms with Crippen molar-refractivity contribution in [3.63, 3.8) is 0 Å². The number of rotatable bonds is 10. The number of fused-ring (bicyclic) bond motifs is 3. The fourth-order valence-corrected chi connectivity index (χ4v) is 5.18. The number of nitrogens with one attached hydrogen (secondary N) is 4. The van der Waals surface area contributed by atoms with Gasteiger partial charge in [-0.15, -0.1) is 0 Å². The number of aromatic amines is 1. The van der Waals surface area contributed by atoms with Crippen LogP contribution in [-0.4, -0.2) is 62.8 Å². The summed E-state index contributed by atoms with van der Waals surface area (Å²) in [6.07, 6.45) is -0.00132. The van der Waals surface area contributed by atoms with Crippen molar-refractivity contribution in [1.82, 2.24) is 20.5 Å². The van der Waals surface area contributed by atoms with Crippen LogP contribution in [0.2, 0.25) is 0 Å². The van der Waals surface area contributed by atoms with Crippen LogP contribution in [0.3, 0.4) is 0 Å². The number of carbonyl (C=O) groups excluding carboxylic acids is 4. The molecule has 7 N–H and O–H groups in total. The third-order valence-electron chi connectivity index (χ3n) is 7.67. The molecule has 12 nitrogen and oxygen atoms in total. The van der Waals surface area contributed by atoms with Gasteiger partial charge in [-0.3, -0.25) is 19.2 Å². The number of aliphatic carboxylic acids is 1. The Hall–Kier alpha value is -4.87. The zero-order valence-corrected chi connectivity index (χ0v) is 23.8. The van der Waals surface area contributed by atoms with E-state index in [0.717, 1.165) is 27.7 Å². The van der Waals surface area contributed by atoms with Gasteiger partial charge in [0.2, 0.25) is 17.7 Å². The molecule has 1 aliphatic heterocycles. The summed E-state index contributed by atoms with van der Waals surface area (Å²) in [7, 11) is 0. The summed E-state index contributed by atoms with van der Waals surface area (Å²) in [4.78, 5) is 68.5. The first kappa shape index (κ1) is 30.1. The molecule has 222 valence electrons. The van der Waals surface area contributed by atoms with Crippen LogP contribution >= 0.6 is 0 Å². The molecule has 0 saturated carbocycles. The number of anilines is 1. The molecule has 1 aromatic heterocycles. The van der Waals surface area contributed by atoms with Gasteiger partial charge in [-0.2, -0.15) is 0 Å². The minimum absolute atomic E-state index is 0.127. The second-order valence-electron chi connectivity index (χ2n) is 10.7. The van der Waals surface area contributed by atoms with E-state index in [2.05, 4.69) is 20.9 Å². The minimum Gasteiger partial charge on any atom is -0.481 e. The van der Waals surface area contributed by atoms with Gasteiger partial charge in [0.1, 0.15) is 18.1 Å². The molecule has 0 radical (unpaired) electrons. The number of H-pyrrole nitrogens is 1. The maximum absolute atomic E-state index is 13.9. The standard InChI is InChI=1S/C30H36N6O6/c1-4-17(3)26(29(41)34-22(27(31)39)14-25(37)38)35-28(40)24-13-20-19-10-5-6-11-21(19)33-23(20)15-36(24)30(42)32-18-9-7-8-16(2)12-18/h5-12,17,22,24,26,33H,4,13-15H2,1-3H3,(H2,31,39)(H,32,42)(H,34,41)(H,35,40)(H,37,38)/t17-,22-,24+,26-/m0/s1. The van der Waals surface area contributed by atoms with Crippen LogP contribution in [0.1, 0.15) is 43.5 Å². The Kier molecular flexibility index (Phi) is 9.14. The summed E-state index contributed by atoms with van der Waals surface area (Å²) in [6.45, 7) is 5.62. The molecule has 2 aromatic carbocycles. The van der Waals surface area contributed by atoms with Crippen LogP contribution < -0.4 is 21.7 Å². The van der Waals surface area contributed by atoms with Crippen molar-refractivity contribution in [1.29, 1.82) is 0 Å². The molecule has 4 atom stereocenters. The van der Waals surface area contributed by atoms with Gasteiger partial charge in [-0.25, -0.2) is 4.79 Å². The molecule has 12 heteroatoms. The molecule has 0 aliphatic carbocycles. The van der Waals surface area contributed by atoms with Crippen LogP contribution in [0.5, 0.6) is 0 Å². The normalized spacial score (nSPS) is 16.5. The van der Waals surface area contributed by atoms with Gasteiger partial charge in [-0.1, -0.05) is 50.6 Å². The lowest BCUT2D eigenvalue weighted by Gasteiger charge is -2.36. The predicted molar refractivity (Wildman–Crippen MR) is 156 cm³/mol. The van der Waals surface area contributed by atoms with E-state index >= 15 is 0 Å². The van der Waals surface area contributed by atoms with E-state index in [1.165, 1.54) is 4.90 Å². The van der Waals surface area contributed by atoms with Crippen LogP contribution in [-0.2, 0) is 32.1 Å². The number of hydrogen-bond donors (Lipinski definition) is 6. The van der Waals surface area contributed by atoms with E-state index in [-0.39, 0.29) is 18.9 Å². The number of carboxylic acids is 1. The molecule has 0 fully saturated rings. The second kappa shape index (κ2) is 12.8. The smallest absolute Gasteiger partial charge is 0.322 e. The minimum atomic E-state index is -1.45. The first-order valence-corrected chi connectivity index (χ1v) is 13.8. The Balaban J connectivity index is 1.63. The molecule has 42 heavy (non-hydrogen) atoms. The molecule has 0 spiro atoms. The maximum Gasteiger partial charge on any atom is 0.322 e. The van der Waals surface area contributed by atoms with Crippen molar-refractivity contribution in [2.75, 3.05) is 5.32 Å². The second-order valence-corrected chi connectivity index (χ2v) is 10.7. The molecule has 3 aromatic rings. The van der Waals surface area contributed by atoms with E-state index in [9.17, 15) is 24.0 Å². The van der Waals surface area contributed by atoms with Gasteiger partial charge in [0.25, 0.3) is 0 Å². The first-order valence-electron chi connectivity index (χ1n) is 13.8. The fourth-order valence-electron chi connectivity index (χ4n) is 5.18. The number of hydrogen-bond acceptors (Lipinski definition) is 5. The van der Waals surface area contributed by atoms with Gasteiger partial charge in [0, 0.05) is 28.7 Å². The number of nitrogens with two attached hydrogens (primary N) is 1. The van der Waals surface area contributed by atoms with Crippen LogP contribution in [0.25, 0.3) is 10.9 Å². The summed E-state index contributed by atoms with van der Waals surface area (Å²) in [5, 5.41) is 18.1. The van der Waals surface area contributed by atoms with E-state index in [1.54, 1.807) is 13.0 Å². The molecule has 0 saturated heterocycles. The number of primary amides is 1. The summed E-state index contributed by atoms with van der Waals surface area (Å²) in [5.41, 5.74) is 9.45. The van der Waals surface area contributed by atoms with E-state index in [4.69, 9.17) is 10.8 Å². The highest BCUT2D eigenvalue weighted by Crippen LogP contribution is 2.31. The van der Waals surface area contributed by atoms with E-state index in [0.29, 0.717) is 12.1 Å². The predicted octanol–water partition coefficient (Wildman–Crippen LogP) is 2.41. The summed E-state index contributed by atoms with van der Waals surface area (Å²) in [6, 6.07) is 11.0. The van der Waals surface area contributed by atoms with Crippen LogP contribution in [0.15, 0.2) is 48.5 Å². The molecular formula is C30H36N6O6. The van der Waals surface area contributed by atoms with Gasteiger partial charge in [-0.05, 0) is 42.2 Å². The van der Waals surface area contributed by atoms with Crippen molar-refractivity contribution in [3.05, 3.63) is 65.4 Å². The largest absolute Gasteiger partial charge is 0.481 e. The average molecular weight is 577 g/mol. The van der Waals surface area contributed by atoms with Gasteiger partial charge in [0.15, 0.2) is 0 Å². The number of para-hydroxylation sites is 1. The maximum atomic E-state index is 13.9. The molecule has 1 aliphatic rings. The summed E-state index contributed by atoms with van der Waals surface area (Å²) >= 11 is 0. The summed E-state index contributed by atoms with van der Waals surface area (Å²) in [5.74, 6) is -3.98. The Morgan fingerprint density at radius 3 is 2.50 bits per heavy atom. The lowest BCUT2D eigenvalue weighted by atomic mass is 9.94. The van der Waals surface area contributed by atoms with Crippen LogP contribution in [0.4, 0.5) is 10.5 Å². The van der Waals surface area contributed by atoms with Crippen LogP contribution in [0, 0.1) is 12.8 Å². The lowest BCUT2D eigenvalue weighted by Crippen LogP contribution is -2.60. The number of carboxylic acid groups (broad SMARTS) is 1. The number of benzene rings is 2. The highest BCUT2D eigenvalue weighted by Gasteiger charge is 2.39. The number of amides is 5. The Morgan fingerprint density at radius 1 is 1.10 bits per heavy atom. The first-order chi connectivity index (χ1) is 20.0. The third kappa shape index (κ3) is 6.70. The number of aromatic nitrogens is 1. The fraction of sp³-hybridized carbons (Fsp3) is 0.367. The topological polar surface area (TPSA) is 187 Å². The average Bonchev–Trinajstić information content (AvgIpc) is 3.31. The Morgan fingerprint density at radius 2 is 1.83 bits per heavy atom. The Labute approximate surface area is 243 Å². The van der Waals surface area contributed by atoms with Gasteiger partial charge in [0.05, 0.1) is 13.0 Å². The molecule has 0 unspecified atom stereocenters. The quantitative estimate of drug-likeness (QED) is 0.215. The zero-order chi connectivity index (χ0) is 30.6. The highest BCUT2D eigenvalue weighted by molar-refractivity contribution is 5.98. The number of nitrogens with zero attached hydrogens (tertiary/aromatic N) is 1. The SMILES string of the molecule is CC[C@H](C)[C@H](NC(=O)[C@H]1Cc2c([nH]c3ccccc23)CN1C(=O)Nc1cccc(C)c1)C(=O)N[C@@H](CC(=O)O)C(N)=O. The van der Waals surface area contributed by atoms with Crippen molar-refractivity contribution in [2.45, 2.75) is 64.7 Å². The Bertz CT molecular complexity index is 1520. The van der Waals surface area contributed by atoms with Crippen molar-refractivity contribution < 1.29 is 29.1 Å². The molecule has 0 bridgehead atoms. The third-order valence-corrected chi connectivity index (χ3v) is 7.67. The van der Waals surface area contributed by atoms with E-state index in [1.807, 2.05) is 56.3 Å². The lowest BCUT2D eigenvalue weighted by molar-refractivity contribution is -0.140. The van der Waals surface area contributed by atoms with Crippen molar-refractivity contribution in [2.24, 2.45) is 11.7 Å². The van der Waals surface area contributed by atoms with Crippen molar-refractivity contribution >= 4 is 46.3 Å². The van der Waals surface area contributed by atoms with Gasteiger partial charge >= 0.3 is 12.0 Å². The van der Waals surface area contributed by atoms with Gasteiger partial charge < -0.3 is 36.7 Å².